The van der Waals surface area contributed by atoms with Gasteiger partial charge in [-0.2, -0.15) is 0 Å². The van der Waals surface area contributed by atoms with Crippen molar-refractivity contribution in [1.82, 2.24) is 9.55 Å². The third-order valence-electron chi connectivity index (χ3n) is 2.23. The first-order valence-electron chi connectivity index (χ1n) is 4.24. The molecule has 13 heavy (non-hydrogen) atoms. The van der Waals surface area contributed by atoms with E-state index in [0.29, 0.717) is 0 Å². The summed E-state index contributed by atoms with van der Waals surface area (Å²) in [5.74, 6) is -0.831. The van der Waals surface area contributed by atoms with Gasteiger partial charge in [-0.1, -0.05) is 0 Å². The van der Waals surface area contributed by atoms with E-state index in [1.807, 2.05) is 11.5 Å². The molecule has 0 aliphatic carbocycles. The van der Waals surface area contributed by atoms with Crippen LogP contribution < -0.4 is 0 Å². The van der Waals surface area contributed by atoms with Gasteiger partial charge in [-0.25, -0.2) is 4.98 Å². The number of carboxylic acid groups (broad SMARTS) is 1. The highest BCUT2D eigenvalue weighted by Crippen LogP contribution is 2.22. The Kier molecular flexibility index (Phi) is 2.40. The lowest BCUT2D eigenvalue weighted by atomic mass is 9.90. The van der Waals surface area contributed by atoms with Gasteiger partial charge in [0, 0.05) is 12.7 Å². The second-order valence-corrected chi connectivity index (χ2v) is 3.50. The zero-order valence-corrected chi connectivity index (χ0v) is 8.11. The molecule has 4 heteroatoms. The Labute approximate surface area is 77.2 Å². The second kappa shape index (κ2) is 3.20. The van der Waals surface area contributed by atoms with Gasteiger partial charge in [0.1, 0.15) is 5.41 Å². The van der Waals surface area contributed by atoms with Crippen LogP contribution in [-0.4, -0.2) is 20.6 Å². The van der Waals surface area contributed by atoms with Crippen molar-refractivity contribution in [1.29, 1.82) is 0 Å². The van der Waals surface area contributed by atoms with Gasteiger partial charge in [-0.05, 0) is 20.8 Å². The first-order valence-corrected chi connectivity index (χ1v) is 4.24. The summed E-state index contributed by atoms with van der Waals surface area (Å²) >= 11 is 0. The molecule has 0 bridgehead atoms. The van der Waals surface area contributed by atoms with E-state index >= 15 is 0 Å². The molecule has 0 aliphatic rings. The van der Waals surface area contributed by atoms with Gasteiger partial charge in [0.15, 0.2) is 0 Å². The van der Waals surface area contributed by atoms with E-state index in [9.17, 15) is 4.79 Å². The Balaban J connectivity index is 3.13. The van der Waals surface area contributed by atoms with Crippen molar-refractivity contribution in [3.8, 4) is 0 Å². The van der Waals surface area contributed by atoms with E-state index in [-0.39, 0.29) is 0 Å². The quantitative estimate of drug-likeness (QED) is 0.765. The predicted molar refractivity (Wildman–Crippen MR) is 48.6 cm³/mol. The number of aryl methyl sites for hydroxylation is 1. The number of imidazole rings is 1. The average molecular weight is 182 g/mol. The number of nitrogens with zero attached hydrogens (tertiary/aromatic N) is 2. The fourth-order valence-electron chi connectivity index (χ4n) is 1.20. The number of carboxylic acids is 1. The molecule has 0 amide bonds. The molecular weight excluding hydrogens is 168 g/mol. The van der Waals surface area contributed by atoms with Crippen LogP contribution >= 0.6 is 0 Å². The highest BCUT2D eigenvalue weighted by Gasteiger charge is 2.32. The van der Waals surface area contributed by atoms with Crippen LogP contribution in [-0.2, 0) is 16.8 Å². The Morgan fingerprint density at radius 2 is 2.31 bits per heavy atom. The van der Waals surface area contributed by atoms with Gasteiger partial charge in [-0.15, -0.1) is 0 Å². The molecule has 0 spiro atoms. The number of aromatic nitrogens is 2. The van der Waals surface area contributed by atoms with Crippen molar-refractivity contribution in [2.24, 2.45) is 0 Å². The fraction of sp³-hybridized carbons (Fsp3) is 0.556. The highest BCUT2D eigenvalue weighted by atomic mass is 16.4. The lowest BCUT2D eigenvalue weighted by molar-refractivity contribution is -0.142. The molecule has 1 aromatic rings. The summed E-state index contributed by atoms with van der Waals surface area (Å²) in [6.07, 6.45) is 3.26. The first-order chi connectivity index (χ1) is 6.00. The summed E-state index contributed by atoms with van der Waals surface area (Å²) in [5.41, 5.74) is -0.130. The van der Waals surface area contributed by atoms with Crippen molar-refractivity contribution in [3.63, 3.8) is 0 Å². The van der Waals surface area contributed by atoms with E-state index in [4.69, 9.17) is 5.11 Å². The smallest absolute Gasteiger partial charge is 0.315 e. The monoisotopic (exact) mass is 182 g/mol. The van der Waals surface area contributed by atoms with Gasteiger partial charge in [0.05, 0.1) is 12.0 Å². The molecule has 1 N–H and O–H groups in total. The molecule has 0 saturated heterocycles. The number of rotatable bonds is 3. The topological polar surface area (TPSA) is 55.1 Å². The lowest BCUT2D eigenvalue weighted by Gasteiger charge is -2.20. The average Bonchev–Trinajstić information content (AvgIpc) is 2.51. The number of hydrogen-bond acceptors (Lipinski definition) is 2. The number of carbonyl (C=O) groups is 1. The summed E-state index contributed by atoms with van der Waals surface area (Å²) in [6.45, 7) is 6.06. The third-order valence-corrected chi connectivity index (χ3v) is 2.23. The molecule has 0 unspecified atom stereocenters. The van der Waals surface area contributed by atoms with E-state index < -0.39 is 11.4 Å². The van der Waals surface area contributed by atoms with Crippen molar-refractivity contribution < 1.29 is 9.90 Å². The molecule has 1 aromatic heterocycles. The summed E-state index contributed by atoms with van der Waals surface area (Å²) < 4.78 is 1.84. The highest BCUT2D eigenvalue weighted by molar-refractivity contribution is 5.79. The van der Waals surface area contributed by atoms with Crippen LogP contribution in [0.25, 0.3) is 0 Å². The van der Waals surface area contributed by atoms with Gasteiger partial charge in [0.2, 0.25) is 0 Å². The summed E-state index contributed by atoms with van der Waals surface area (Å²) in [6, 6.07) is 0. The van der Waals surface area contributed by atoms with E-state index in [0.717, 1.165) is 12.2 Å². The molecular formula is C9H14N2O2. The molecule has 0 saturated carbocycles. The predicted octanol–water partition coefficient (Wildman–Crippen LogP) is 1.27. The maximum atomic E-state index is 10.9. The molecule has 1 heterocycles. The Morgan fingerprint density at radius 1 is 1.69 bits per heavy atom. The van der Waals surface area contributed by atoms with E-state index in [2.05, 4.69) is 4.98 Å². The van der Waals surface area contributed by atoms with Gasteiger partial charge < -0.3 is 9.67 Å². The minimum Gasteiger partial charge on any atom is -0.481 e. The van der Waals surface area contributed by atoms with Crippen LogP contribution in [0.3, 0.4) is 0 Å². The summed E-state index contributed by atoms with van der Waals surface area (Å²) in [5, 5.41) is 8.99. The third kappa shape index (κ3) is 1.56. The zero-order chi connectivity index (χ0) is 10.1. The summed E-state index contributed by atoms with van der Waals surface area (Å²) in [4.78, 5) is 14.9. The van der Waals surface area contributed by atoms with Crippen LogP contribution in [0.5, 0.6) is 0 Å². The maximum absolute atomic E-state index is 10.9. The van der Waals surface area contributed by atoms with Crippen LogP contribution in [0.4, 0.5) is 0 Å². The molecule has 72 valence electrons. The molecule has 1 rings (SSSR count). The Bertz CT molecular complexity index is 315. The summed E-state index contributed by atoms with van der Waals surface area (Å²) in [7, 11) is 0. The van der Waals surface area contributed by atoms with Gasteiger partial charge >= 0.3 is 5.97 Å². The van der Waals surface area contributed by atoms with Crippen molar-refractivity contribution in [2.45, 2.75) is 32.7 Å². The molecule has 0 aliphatic heterocycles. The molecule has 0 fully saturated rings. The fourth-order valence-corrected chi connectivity index (χ4v) is 1.20. The van der Waals surface area contributed by atoms with Gasteiger partial charge in [-0.3, -0.25) is 4.79 Å². The minimum absolute atomic E-state index is 0.738. The Hall–Kier alpha value is -1.32. The molecule has 4 nitrogen and oxygen atoms in total. The minimum atomic E-state index is -0.869. The standard InChI is InChI=1S/C9H14N2O2/c1-4-11-6-10-5-7(11)9(2,3)8(12)13/h5-6H,4H2,1-3H3,(H,12,13). The zero-order valence-electron chi connectivity index (χ0n) is 8.11. The van der Waals surface area contributed by atoms with Crippen LogP contribution in [0.1, 0.15) is 26.5 Å². The lowest BCUT2D eigenvalue weighted by Crippen LogP contribution is -2.31. The largest absolute Gasteiger partial charge is 0.481 e. The Morgan fingerprint density at radius 3 is 2.77 bits per heavy atom. The van der Waals surface area contributed by atoms with Crippen LogP contribution in [0.15, 0.2) is 12.5 Å². The van der Waals surface area contributed by atoms with Crippen LogP contribution in [0, 0.1) is 0 Å². The van der Waals surface area contributed by atoms with Crippen LogP contribution in [0.2, 0.25) is 0 Å². The first kappa shape index (κ1) is 9.77. The maximum Gasteiger partial charge on any atom is 0.315 e. The molecule has 0 radical (unpaired) electrons. The van der Waals surface area contributed by atoms with E-state index in [1.165, 1.54) is 0 Å². The normalized spacial score (nSPS) is 11.6. The SMILES string of the molecule is CCn1cncc1C(C)(C)C(=O)O. The molecule has 0 aromatic carbocycles. The number of hydrogen-bond donors (Lipinski definition) is 1. The van der Waals surface area contributed by atoms with E-state index in [1.54, 1.807) is 26.4 Å². The van der Waals surface area contributed by atoms with Crippen molar-refractivity contribution in [2.75, 3.05) is 0 Å². The number of aliphatic carboxylic acids is 1. The second-order valence-electron chi connectivity index (χ2n) is 3.50. The van der Waals surface area contributed by atoms with Crippen molar-refractivity contribution in [3.05, 3.63) is 18.2 Å². The van der Waals surface area contributed by atoms with Crippen molar-refractivity contribution >= 4 is 5.97 Å². The molecule has 0 atom stereocenters. The van der Waals surface area contributed by atoms with Gasteiger partial charge in [0.25, 0.3) is 0 Å².